The number of carbonyl (C=O) groups is 2. The van der Waals surface area contributed by atoms with Gasteiger partial charge in [-0.2, -0.15) is 0 Å². The van der Waals surface area contributed by atoms with Gasteiger partial charge in [-0.05, 0) is 66.1 Å². The predicted octanol–water partition coefficient (Wildman–Crippen LogP) is 5.41. The first-order valence-corrected chi connectivity index (χ1v) is 12.5. The second-order valence-corrected chi connectivity index (χ2v) is 9.40. The highest BCUT2D eigenvalue weighted by Crippen LogP contribution is 2.24. The number of amides is 1. The molecule has 3 aromatic rings. The highest BCUT2D eigenvalue weighted by Gasteiger charge is 2.17. The van der Waals surface area contributed by atoms with Crippen LogP contribution in [0.4, 0.5) is 0 Å². The van der Waals surface area contributed by atoms with Crippen molar-refractivity contribution in [1.82, 2.24) is 14.5 Å². The second kappa shape index (κ2) is 12.5. The number of aryl methyl sites for hydroxylation is 1. The number of hydrogen-bond donors (Lipinski definition) is 1. The summed E-state index contributed by atoms with van der Waals surface area (Å²) in [6.07, 6.45) is 5.91. The molecule has 0 radical (unpaired) electrons. The van der Waals surface area contributed by atoms with Crippen LogP contribution in [0.2, 0.25) is 0 Å². The molecule has 0 aliphatic carbocycles. The van der Waals surface area contributed by atoms with Crippen molar-refractivity contribution in [3.63, 3.8) is 0 Å². The van der Waals surface area contributed by atoms with E-state index in [0.717, 1.165) is 27.7 Å². The fraction of sp³-hybridized carbons (Fsp3) is 0.414. The zero-order valence-electron chi connectivity index (χ0n) is 21.3. The maximum Gasteiger partial charge on any atom is 0.253 e. The van der Waals surface area contributed by atoms with Crippen LogP contribution in [-0.2, 0) is 11.8 Å². The number of aliphatic hydroxyl groups excluding tert-OH is 1. The summed E-state index contributed by atoms with van der Waals surface area (Å²) in [5.41, 5.74) is 5.58. The van der Waals surface area contributed by atoms with Gasteiger partial charge in [0.25, 0.3) is 5.91 Å². The van der Waals surface area contributed by atoms with Crippen molar-refractivity contribution in [3.05, 3.63) is 66.0 Å². The molecule has 0 saturated carbocycles. The first-order valence-electron chi connectivity index (χ1n) is 12.5. The van der Waals surface area contributed by atoms with Crippen LogP contribution in [0, 0.1) is 5.92 Å². The van der Waals surface area contributed by atoms with Gasteiger partial charge in [0.05, 0.1) is 17.4 Å². The summed E-state index contributed by atoms with van der Waals surface area (Å²) < 4.78 is 1.99. The molecular weight excluding hydrogens is 438 g/mol. The third-order valence-electron chi connectivity index (χ3n) is 6.15. The van der Waals surface area contributed by atoms with Crippen LogP contribution in [0.25, 0.3) is 22.2 Å². The number of carbonyl (C=O) groups excluding carboxylic acids is 2. The van der Waals surface area contributed by atoms with Crippen LogP contribution in [0.1, 0.15) is 56.8 Å². The summed E-state index contributed by atoms with van der Waals surface area (Å²) in [4.78, 5) is 31.9. The van der Waals surface area contributed by atoms with E-state index >= 15 is 0 Å². The van der Waals surface area contributed by atoms with Crippen LogP contribution < -0.4 is 0 Å². The normalized spacial score (nSPS) is 11.9. The van der Waals surface area contributed by atoms with E-state index in [0.29, 0.717) is 50.3 Å². The lowest BCUT2D eigenvalue weighted by Crippen LogP contribution is -2.35. The molecule has 6 heteroatoms. The van der Waals surface area contributed by atoms with Crippen molar-refractivity contribution < 1.29 is 14.7 Å². The Kier molecular flexibility index (Phi) is 9.38. The van der Waals surface area contributed by atoms with Gasteiger partial charge in [-0.1, -0.05) is 45.0 Å². The van der Waals surface area contributed by atoms with Crippen molar-refractivity contribution in [2.24, 2.45) is 13.0 Å². The number of aliphatic hydroxyl groups is 1. The molecule has 0 aliphatic heterocycles. The quantitative estimate of drug-likeness (QED) is 0.356. The highest BCUT2D eigenvalue weighted by atomic mass is 16.3. The SMILES string of the molecule is CC/C(=C/CCN(CC(C)C)C(=O)c1ccc(-c2ccc3c(c2)ncn3C)cc1)C(=O)CCCO. The molecular formula is C29H37N3O3. The summed E-state index contributed by atoms with van der Waals surface area (Å²) in [5.74, 6) is 0.426. The number of benzene rings is 2. The molecule has 0 aliphatic rings. The molecule has 186 valence electrons. The molecule has 0 bridgehead atoms. The van der Waals surface area contributed by atoms with Crippen LogP contribution in [-0.4, -0.2) is 50.9 Å². The number of ketones is 1. The average molecular weight is 476 g/mol. The number of imidazole rings is 1. The van der Waals surface area contributed by atoms with E-state index in [1.807, 2.05) is 60.1 Å². The van der Waals surface area contributed by atoms with Gasteiger partial charge < -0.3 is 14.6 Å². The number of allylic oxidation sites excluding steroid dienone is 1. The van der Waals surface area contributed by atoms with Gasteiger partial charge in [-0.3, -0.25) is 9.59 Å². The van der Waals surface area contributed by atoms with E-state index in [1.165, 1.54) is 0 Å². The van der Waals surface area contributed by atoms with Crippen LogP contribution in [0.3, 0.4) is 0 Å². The Labute approximate surface area is 208 Å². The molecule has 0 fully saturated rings. The van der Waals surface area contributed by atoms with E-state index in [1.54, 1.807) is 0 Å². The van der Waals surface area contributed by atoms with Gasteiger partial charge in [0.15, 0.2) is 5.78 Å². The average Bonchev–Trinajstić information content (AvgIpc) is 3.23. The zero-order valence-corrected chi connectivity index (χ0v) is 21.3. The van der Waals surface area contributed by atoms with Crippen LogP contribution >= 0.6 is 0 Å². The smallest absolute Gasteiger partial charge is 0.253 e. The first kappa shape index (κ1) is 26.4. The fourth-order valence-corrected chi connectivity index (χ4v) is 4.27. The first-order chi connectivity index (χ1) is 16.8. The van der Waals surface area contributed by atoms with E-state index < -0.39 is 0 Å². The van der Waals surface area contributed by atoms with Crippen molar-refractivity contribution in [1.29, 1.82) is 0 Å². The Morgan fingerprint density at radius 1 is 1.11 bits per heavy atom. The second-order valence-electron chi connectivity index (χ2n) is 9.40. The molecule has 2 aromatic carbocycles. The number of Topliss-reactive ketones (excluding diaryl/α,β-unsaturated/α-hetero) is 1. The van der Waals surface area contributed by atoms with Crippen LogP contribution in [0.15, 0.2) is 60.4 Å². The number of fused-ring (bicyclic) bond motifs is 1. The molecule has 1 aromatic heterocycles. The van der Waals surface area contributed by atoms with E-state index in [4.69, 9.17) is 5.11 Å². The van der Waals surface area contributed by atoms with E-state index in [9.17, 15) is 9.59 Å². The van der Waals surface area contributed by atoms with E-state index in [-0.39, 0.29) is 18.3 Å². The largest absolute Gasteiger partial charge is 0.396 e. The molecule has 35 heavy (non-hydrogen) atoms. The minimum atomic E-state index is 0.00323. The summed E-state index contributed by atoms with van der Waals surface area (Å²) in [6, 6.07) is 14.0. The minimum absolute atomic E-state index is 0.00323. The van der Waals surface area contributed by atoms with Gasteiger partial charge in [-0.15, -0.1) is 0 Å². The lowest BCUT2D eigenvalue weighted by atomic mass is 10.0. The van der Waals surface area contributed by atoms with E-state index in [2.05, 4.69) is 37.0 Å². The maximum atomic E-state index is 13.3. The van der Waals surface area contributed by atoms with Crippen molar-refractivity contribution in [2.45, 2.75) is 46.5 Å². The molecule has 0 spiro atoms. The van der Waals surface area contributed by atoms with Crippen molar-refractivity contribution in [2.75, 3.05) is 19.7 Å². The molecule has 0 atom stereocenters. The monoisotopic (exact) mass is 475 g/mol. The van der Waals surface area contributed by atoms with Gasteiger partial charge in [-0.25, -0.2) is 4.98 Å². The summed E-state index contributed by atoms with van der Waals surface area (Å²) in [5, 5.41) is 8.98. The lowest BCUT2D eigenvalue weighted by molar-refractivity contribution is -0.116. The Bertz CT molecular complexity index is 1180. The third kappa shape index (κ3) is 6.89. The molecule has 0 unspecified atom stereocenters. The molecule has 0 saturated heterocycles. The molecule has 1 N–H and O–H groups in total. The third-order valence-corrected chi connectivity index (χ3v) is 6.15. The van der Waals surface area contributed by atoms with Gasteiger partial charge in [0.2, 0.25) is 0 Å². The number of nitrogens with zero attached hydrogens (tertiary/aromatic N) is 3. The summed E-state index contributed by atoms with van der Waals surface area (Å²) >= 11 is 0. The van der Waals surface area contributed by atoms with Gasteiger partial charge in [0, 0.05) is 38.7 Å². The highest BCUT2D eigenvalue weighted by molar-refractivity contribution is 5.96. The Hall–Kier alpha value is -3.25. The molecule has 1 heterocycles. The molecule has 3 rings (SSSR count). The molecule has 6 nitrogen and oxygen atoms in total. The number of aromatic nitrogens is 2. The summed E-state index contributed by atoms with van der Waals surface area (Å²) in [6.45, 7) is 7.41. The van der Waals surface area contributed by atoms with Crippen LogP contribution in [0.5, 0.6) is 0 Å². The lowest BCUT2D eigenvalue weighted by Gasteiger charge is -2.24. The minimum Gasteiger partial charge on any atom is -0.396 e. The standard InChI is InChI=1S/C29H37N3O3/c1-5-22(28(34)9-7-17-33)8-6-16-32(19-21(2)3)29(35)24-12-10-23(11-13-24)25-14-15-27-26(18-25)30-20-31(27)4/h8,10-15,18,20-21,33H,5-7,9,16-17,19H2,1-4H3/b22-8-. The Morgan fingerprint density at radius 2 is 1.83 bits per heavy atom. The fourth-order valence-electron chi connectivity index (χ4n) is 4.27. The topological polar surface area (TPSA) is 75.4 Å². The number of rotatable bonds is 12. The Morgan fingerprint density at radius 3 is 2.49 bits per heavy atom. The predicted molar refractivity (Wildman–Crippen MR) is 141 cm³/mol. The maximum absolute atomic E-state index is 13.3. The Balaban J connectivity index is 1.71. The zero-order chi connectivity index (χ0) is 25.4. The van der Waals surface area contributed by atoms with Gasteiger partial charge >= 0.3 is 0 Å². The molecule has 1 amide bonds. The van der Waals surface area contributed by atoms with Crippen molar-refractivity contribution in [3.8, 4) is 11.1 Å². The van der Waals surface area contributed by atoms with Crippen molar-refractivity contribution >= 4 is 22.7 Å². The number of hydrogen-bond acceptors (Lipinski definition) is 4. The summed E-state index contributed by atoms with van der Waals surface area (Å²) in [7, 11) is 1.98. The van der Waals surface area contributed by atoms with Gasteiger partial charge in [0.1, 0.15) is 0 Å².